The lowest BCUT2D eigenvalue weighted by Gasteiger charge is -2.15. The molecule has 0 spiro atoms. The highest BCUT2D eigenvalue weighted by molar-refractivity contribution is 6.30. The maximum absolute atomic E-state index is 6.04. The monoisotopic (exact) mass is 287 g/mol. The minimum Gasteiger partial charge on any atom is -0.493 e. The van der Waals surface area contributed by atoms with E-state index in [1.54, 1.807) is 13.2 Å². The topological polar surface area (TPSA) is 53.7 Å². The fraction of sp³-hybridized carbons (Fsp3) is 0.571. The molecule has 0 aliphatic rings. The molecular formula is C14H22ClNO3. The molecular weight excluding hydrogens is 266 g/mol. The average Bonchev–Trinajstić information content (AvgIpc) is 2.40. The molecule has 0 aromatic heterocycles. The largest absolute Gasteiger partial charge is 0.493 e. The molecule has 0 fully saturated rings. The lowest BCUT2D eigenvalue weighted by Crippen LogP contribution is -2.08. The standard InChI is InChI=1S/C14H22ClNO3/c1-3-18-7-4-8-19-14-11(5-6-16)9-12(15)10-13(14)17-2/h9-10H,3-8,16H2,1-2H3. The van der Waals surface area contributed by atoms with Gasteiger partial charge in [-0.25, -0.2) is 0 Å². The number of hydrogen-bond donors (Lipinski definition) is 1. The van der Waals surface area contributed by atoms with Gasteiger partial charge in [-0.15, -0.1) is 0 Å². The van der Waals surface area contributed by atoms with Crippen molar-refractivity contribution < 1.29 is 14.2 Å². The molecule has 5 heteroatoms. The molecule has 4 nitrogen and oxygen atoms in total. The van der Waals surface area contributed by atoms with Crippen LogP contribution in [0.2, 0.25) is 5.02 Å². The lowest BCUT2D eigenvalue weighted by molar-refractivity contribution is 0.130. The van der Waals surface area contributed by atoms with Gasteiger partial charge in [0, 0.05) is 36.3 Å². The van der Waals surface area contributed by atoms with E-state index < -0.39 is 0 Å². The minimum absolute atomic E-state index is 0.540. The molecule has 0 amide bonds. The number of halogens is 1. The Hall–Kier alpha value is -0.970. The van der Waals surface area contributed by atoms with Crippen LogP contribution in [0.4, 0.5) is 0 Å². The smallest absolute Gasteiger partial charge is 0.164 e. The van der Waals surface area contributed by atoms with Crippen LogP contribution in [0.1, 0.15) is 18.9 Å². The molecule has 108 valence electrons. The van der Waals surface area contributed by atoms with Gasteiger partial charge in [0.2, 0.25) is 0 Å². The van der Waals surface area contributed by atoms with Crippen LogP contribution >= 0.6 is 11.6 Å². The van der Waals surface area contributed by atoms with Gasteiger partial charge in [-0.2, -0.15) is 0 Å². The fourth-order valence-corrected chi connectivity index (χ4v) is 1.99. The Morgan fingerprint density at radius 3 is 2.68 bits per heavy atom. The van der Waals surface area contributed by atoms with Crippen LogP contribution in [0, 0.1) is 0 Å². The van der Waals surface area contributed by atoms with Gasteiger partial charge in [0.25, 0.3) is 0 Å². The number of hydrogen-bond acceptors (Lipinski definition) is 4. The summed E-state index contributed by atoms with van der Waals surface area (Å²) in [4.78, 5) is 0. The molecule has 1 rings (SSSR count). The summed E-state index contributed by atoms with van der Waals surface area (Å²) < 4.78 is 16.4. The van der Waals surface area contributed by atoms with Crippen LogP contribution in [-0.4, -0.2) is 33.5 Å². The molecule has 0 saturated heterocycles. The van der Waals surface area contributed by atoms with E-state index in [-0.39, 0.29) is 0 Å². The molecule has 0 saturated carbocycles. The van der Waals surface area contributed by atoms with E-state index >= 15 is 0 Å². The Bertz CT molecular complexity index is 385. The summed E-state index contributed by atoms with van der Waals surface area (Å²) in [7, 11) is 1.60. The molecule has 0 unspecified atom stereocenters. The number of methoxy groups -OCH3 is 1. The lowest BCUT2D eigenvalue weighted by atomic mass is 10.1. The van der Waals surface area contributed by atoms with Gasteiger partial charge in [-0.05, 0) is 26.0 Å². The Kier molecular flexibility index (Phi) is 7.63. The van der Waals surface area contributed by atoms with E-state index in [4.69, 9.17) is 31.5 Å². The van der Waals surface area contributed by atoms with Crippen molar-refractivity contribution in [1.29, 1.82) is 0 Å². The first-order valence-electron chi connectivity index (χ1n) is 6.50. The predicted octanol–water partition coefficient (Wildman–Crippen LogP) is 2.66. The number of rotatable bonds is 9. The first-order valence-corrected chi connectivity index (χ1v) is 6.87. The van der Waals surface area contributed by atoms with E-state index in [2.05, 4.69) is 0 Å². The molecule has 2 N–H and O–H groups in total. The van der Waals surface area contributed by atoms with Gasteiger partial charge in [-0.3, -0.25) is 0 Å². The summed E-state index contributed by atoms with van der Waals surface area (Å²) in [6, 6.07) is 3.62. The van der Waals surface area contributed by atoms with Crippen LogP contribution in [0.15, 0.2) is 12.1 Å². The van der Waals surface area contributed by atoms with Crippen molar-refractivity contribution in [3.63, 3.8) is 0 Å². The summed E-state index contributed by atoms with van der Waals surface area (Å²) in [5.74, 6) is 1.38. The second kappa shape index (κ2) is 9.02. The van der Waals surface area contributed by atoms with E-state index in [1.807, 2.05) is 13.0 Å². The van der Waals surface area contributed by atoms with Crippen molar-refractivity contribution in [3.8, 4) is 11.5 Å². The Balaban J connectivity index is 2.72. The van der Waals surface area contributed by atoms with Crippen molar-refractivity contribution >= 4 is 11.6 Å². The minimum atomic E-state index is 0.540. The molecule has 0 atom stereocenters. The summed E-state index contributed by atoms with van der Waals surface area (Å²) in [6.07, 6.45) is 1.54. The van der Waals surface area contributed by atoms with Crippen LogP contribution in [-0.2, 0) is 11.2 Å². The zero-order valence-corrected chi connectivity index (χ0v) is 12.3. The van der Waals surface area contributed by atoms with Crippen LogP contribution in [0.3, 0.4) is 0 Å². The van der Waals surface area contributed by atoms with Gasteiger partial charge in [0.05, 0.1) is 13.7 Å². The molecule has 0 heterocycles. The second-order valence-electron chi connectivity index (χ2n) is 4.03. The number of ether oxygens (including phenoxy) is 3. The van der Waals surface area contributed by atoms with Gasteiger partial charge < -0.3 is 19.9 Å². The summed E-state index contributed by atoms with van der Waals surface area (Å²) in [5, 5.41) is 0.627. The van der Waals surface area contributed by atoms with E-state index in [9.17, 15) is 0 Å². The normalized spacial score (nSPS) is 10.5. The molecule has 0 radical (unpaired) electrons. The fourth-order valence-electron chi connectivity index (χ4n) is 1.76. The van der Waals surface area contributed by atoms with Gasteiger partial charge in [0.1, 0.15) is 0 Å². The van der Waals surface area contributed by atoms with E-state index in [1.165, 1.54) is 0 Å². The highest BCUT2D eigenvalue weighted by Crippen LogP contribution is 2.35. The molecule has 0 aliphatic carbocycles. The molecule has 1 aromatic rings. The van der Waals surface area contributed by atoms with Gasteiger partial charge >= 0.3 is 0 Å². The first kappa shape index (κ1) is 16.1. The number of benzene rings is 1. The quantitative estimate of drug-likeness (QED) is 0.710. The third-order valence-corrected chi connectivity index (χ3v) is 2.83. The van der Waals surface area contributed by atoms with Crippen molar-refractivity contribution in [2.24, 2.45) is 5.73 Å². The molecule has 0 bridgehead atoms. The zero-order valence-electron chi connectivity index (χ0n) is 11.6. The third kappa shape index (κ3) is 5.27. The van der Waals surface area contributed by atoms with Crippen molar-refractivity contribution in [2.75, 3.05) is 33.5 Å². The molecule has 0 aliphatic heterocycles. The van der Waals surface area contributed by atoms with E-state index in [0.717, 1.165) is 24.3 Å². The van der Waals surface area contributed by atoms with Crippen molar-refractivity contribution in [1.82, 2.24) is 0 Å². The summed E-state index contributed by atoms with van der Waals surface area (Å²) in [5.41, 5.74) is 6.58. The second-order valence-corrected chi connectivity index (χ2v) is 4.47. The Morgan fingerprint density at radius 2 is 2.05 bits per heavy atom. The van der Waals surface area contributed by atoms with Crippen LogP contribution < -0.4 is 15.2 Å². The summed E-state index contributed by atoms with van der Waals surface area (Å²) in [6.45, 7) is 4.51. The van der Waals surface area contributed by atoms with E-state index in [0.29, 0.717) is 37.0 Å². The van der Waals surface area contributed by atoms with Crippen LogP contribution in [0.25, 0.3) is 0 Å². The molecule has 1 aromatic carbocycles. The maximum Gasteiger partial charge on any atom is 0.164 e. The molecule has 19 heavy (non-hydrogen) atoms. The Labute approximate surface area is 119 Å². The van der Waals surface area contributed by atoms with Crippen LogP contribution in [0.5, 0.6) is 11.5 Å². The highest BCUT2D eigenvalue weighted by Gasteiger charge is 2.12. The van der Waals surface area contributed by atoms with Gasteiger partial charge in [-0.1, -0.05) is 11.6 Å². The van der Waals surface area contributed by atoms with Crippen molar-refractivity contribution in [3.05, 3.63) is 22.7 Å². The van der Waals surface area contributed by atoms with Gasteiger partial charge in [0.15, 0.2) is 11.5 Å². The first-order chi connectivity index (χ1) is 9.22. The summed E-state index contributed by atoms with van der Waals surface area (Å²) >= 11 is 6.04. The average molecular weight is 288 g/mol. The highest BCUT2D eigenvalue weighted by atomic mass is 35.5. The SMILES string of the molecule is CCOCCCOc1c(CCN)cc(Cl)cc1OC. The zero-order chi connectivity index (χ0) is 14.1. The predicted molar refractivity (Wildman–Crippen MR) is 77.4 cm³/mol. The Morgan fingerprint density at radius 1 is 1.26 bits per heavy atom. The maximum atomic E-state index is 6.04. The van der Waals surface area contributed by atoms with Crippen molar-refractivity contribution in [2.45, 2.75) is 19.8 Å². The number of nitrogens with two attached hydrogens (primary N) is 1. The third-order valence-electron chi connectivity index (χ3n) is 2.61.